The van der Waals surface area contributed by atoms with E-state index in [4.69, 9.17) is 4.74 Å². The molecule has 1 aliphatic heterocycles. The van der Waals surface area contributed by atoms with Crippen molar-refractivity contribution in [2.75, 3.05) is 31.2 Å². The maximum absolute atomic E-state index is 11.0. The Morgan fingerprint density at radius 2 is 2.14 bits per heavy atom. The molecule has 1 saturated heterocycles. The van der Waals surface area contributed by atoms with Crippen molar-refractivity contribution in [2.45, 2.75) is 6.92 Å². The summed E-state index contributed by atoms with van der Waals surface area (Å²) >= 11 is 1.56. The number of benzene rings is 1. The highest BCUT2D eigenvalue weighted by atomic mass is 32.1. The van der Waals surface area contributed by atoms with Crippen LogP contribution in [-0.4, -0.2) is 36.2 Å². The van der Waals surface area contributed by atoms with Crippen molar-refractivity contribution in [1.29, 1.82) is 0 Å². The van der Waals surface area contributed by atoms with Gasteiger partial charge in [-0.25, -0.2) is 4.98 Å². The number of aryl methyl sites for hydroxylation is 1. The summed E-state index contributed by atoms with van der Waals surface area (Å²) in [5.74, 6) is 0. The maximum Gasteiger partial charge on any atom is 0.272 e. The van der Waals surface area contributed by atoms with E-state index >= 15 is 0 Å². The Morgan fingerprint density at radius 1 is 1.38 bits per heavy atom. The van der Waals surface area contributed by atoms with E-state index in [-0.39, 0.29) is 10.6 Å². The summed E-state index contributed by atoms with van der Waals surface area (Å²) in [7, 11) is 0. The minimum absolute atomic E-state index is 0.133. The monoisotopic (exact) mass is 305 g/mol. The van der Waals surface area contributed by atoms with Gasteiger partial charge in [0.05, 0.1) is 23.8 Å². The lowest BCUT2D eigenvalue weighted by Gasteiger charge is -2.26. The number of thiazole rings is 1. The fourth-order valence-corrected chi connectivity index (χ4v) is 3.15. The first-order valence-electron chi connectivity index (χ1n) is 6.69. The molecule has 0 atom stereocenters. The third-order valence-electron chi connectivity index (χ3n) is 3.48. The molecule has 0 aliphatic carbocycles. The molecule has 0 spiro atoms. The minimum atomic E-state index is -0.353. The normalized spacial score (nSPS) is 15.2. The molecule has 110 valence electrons. The van der Waals surface area contributed by atoms with Crippen molar-refractivity contribution in [3.63, 3.8) is 0 Å². The van der Waals surface area contributed by atoms with Gasteiger partial charge in [0, 0.05) is 35.7 Å². The molecule has 1 aromatic heterocycles. The van der Waals surface area contributed by atoms with E-state index in [1.165, 1.54) is 0 Å². The molecule has 2 heterocycles. The van der Waals surface area contributed by atoms with Gasteiger partial charge < -0.3 is 9.64 Å². The van der Waals surface area contributed by atoms with E-state index in [2.05, 4.69) is 9.88 Å². The van der Waals surface area contributed by atoms with Gasteiger partial charge in [-0.15, -0.1) is 11.3 Å². The van der Waals surface area contributed by atoms with Gasteiger partial charge in [0.15, 0.2) is 5.13 Å². The van der Waals surface area contributed by atoms with Crippen LogP contribution in [0.4, 0.5) is 10.8 Å². The van der Waals surface area contributed by atoms with E-state index < -0.39 is 0 Å². The number of aromatic nitrogens is 1. The van der Waals surface area contributed by atoms with Gasteiger partial charge in [0.1, 0.15) is 0 Å². The second-order valence-corrected chi connectivity index (χ2v) is 5.71. The molecule has 3 rings (SSSR count). The molecule has 1 fully saturated rings. The zero-order chi connectivity index (χ0) is 14.8. The van der Waals surface area contributed by atoms with Crippen molar-refractivity contribution in [3.8, 4) is 11.3 Å². The smallest absolute Gasteiger partial charge is 0.272 e. The summed E-state index contributed by atoms with van der Waals surface area (Å²) in [5.41, 5.74) is 2.36. The molecule has 0 bridgehead atoms. The molecule has 0 unspecified atom stereocenters. The second-order valence-electron chi connectivity index (χ2n) is 4.87. The molecule has 1 aliphatic rings. The number of rotatable bonds is 3. The molecule has 0 radical (unpaired) electrons. The van der Waals surface area contributed by atoms with Crippen molar-refractivity contribution in [3.05, 3.63) is 39.3 Å². The summed E-state index contributed by atoms with van der Waals surface area (Å²) in [6, 6.07) is 5.23. The minimum Gasteiger partial charge on any atom is -0.378 e. The van der Waals surface area contributed by atoms with Gasteiger partial charge in [0.2, 0.25) is 0 Å². The van der Waals surface area contributed by atoms with Gasteiger partial charge in [0.25, 0.3) is 5.69 Å². The van der Waals surface area contributed by atoms with E-state index in [9.17, 15) is 10.1 Å². The van der Waals surface area contributed by atoms with Crippen molar-refractivity contribution in [1.82, 2.24) is 4.98 Å². The Hall–Kier alpha value is -1.99. The van der Waals surface area contributed by atoms with Gasteiger partial charge >= 0.3 is 0 Å². The summed E-state index contributed by atoms with van der Waals surface area (Å²) in [5, 5.41) is 13.9. The fraction of sp³-hybridized carbons (Fsp3) is 0.357. The van der Waals surface area contributed by atoms with Crippen LogP contribution in [0.15, 0.2) is 23.6 Å². The quantitative estimate of drug-likeness (QED) is 0.644. The van der Waals surface area contributed by atoms with Crippen LogP contribution in [0.25, 0.3) is 11.3 Å². The number of nitrogens with zero attached hydrogens (tertiary/aromatic N) is 3. The number of anilines is 1. The molecule has 0 saturated carbocycles. The molecule has 7 heteroatoms. The molecular formula is C14H15N3O3S. The highest BCUT2D eigenvalue weighted by Crippen LogP contribution is 2.31. The highest BCUT2D eigenvalue weighted by Gasteiger charge is 2.17. The first-order valence-corrected chi connectivity index (χ1v) is 7.57. The van der Waals surface area contributed by atoms with Crippen LogP contribution in [0, 0.1) is 17.0 Å². The summed E-state index contributed by atoms with van der Waals surface area (Å²) in [6.07, 6.45) is 0. The zero-order valence-corrected chi connectivity index (χ0v) is 12.4. The van der Waals surface area contributed by atoms with Crippen LogP contribution in [0.2, 0.25) is 0 Å². The third kappa shape index (κ3) is 2.88. The molecule has 0 N–H and O–H groups in total. The highest BCUT2D eigenvalue weighted by molar-refractivity contribution is 7.14. The summed E-state index contributed by atoms with van der Waals surface area (Å²) in [4.78, 5) is 17.5. The van der Waals surface area contributed by atoms with E-state index in [0.29, 0.717) is 18.8 Å². The SMILES string of the molecule is Cc1ccc(-c2csc(N3CCOCC3)n2)cc1[N+](=O)[O-]. The van der Waals surface area contributed by atoms with Crippen LogP contribution in [-0.2, 0) is 4.74 Å². The van der Waals surface area contributed by atoms with Gasteiger partial charge in [-0.05, 0) is 6.92 Å². The first-order chi connectivity index (χ1) is 10.1. The Balaban J connectivity index is 1.89. The second kappa shape index (κ2) is 5.79. The van der Waals surface area contributed by atoms with Crippen LogP contribution in [0.5, 0.6) is 0 Å². The number of nitro benzene ring substituents is 1. The van der Waals surface area contributed by atoms with E-state index in [0.717, 1.165) is 29.5 Å². The average molecular weight is 305 g/mol. The van der Waals surface area contributed by atoms with Crippen molar-refractivity contribution >= 4 is 22.2 Å². The van der Waals surface area contributed by atoms with Crippen molar-refractivity contribution in [2.24, 2.45) is 0 Å². The fourth-order valence-electron chi connectivity index (χ4n) is 2.26. The van der Waals surface area contributed by atoms with Crippen LogP contribution in [0.3, 0.4) is 0 Å². The van der Waals surface area contributed by atoms with Crippen LogP contribution in [0.1, 0.15) is 5.56 Å². The maximum atomic E-state index is 11.0. The van der Waals surface area contributed by atoms with Gasteiger partial charge in [-0.1, -0.05) is 12.1 Å². The van der Waals surface area contributed by atoms with Crippen LogP contribution >= 0.6 is 11.3 Å². The first kappa shape index (κ1) is 14.0. The third-order valence-corrected chi connectivity index (χ3v) is 4.38. The largest absolute Gasteiger partial charge is 0.378 e. The number of nitro groups is 1. The predicted molar refractivity (Wildman–Crippen MR) is 82.0 cm³/mol. The molecule has 2 aromatic rings. The standard InChI is InChI=1S/C14H15N3O3S/c1-10-2-3-11(8-13(10)17(18)19)12-9-21-14(15-12)16-4-6-20-7-5-16/h2-3,8-9H,4-7H2,1H3. The molecule has 21 heavy (non-hydrogen) atoms. The number of morpholine rings is 1. The van der Waals surface area contributed by atoms with E-state index in [1.54, 1.807) is 30.4 Å². The van der Waals surface area contributed by atoms with Crippen molar-refractivity contribution < 1.29 is 9.66 Å². The Bertz CT molecular complexity index is 665. The summed E-state index contributed by atoms with van der Waals surface area (Å²) in [6.45, 7) is 4.83. The van der Waals surface area contributed by atoms with Crippen LogP contribution < -0.4 is 4.90 Å². The lowest BCUT2D eigenvalue weighted by atomic mass is 10.1. The van der Waals surface area contributed by atoms with Gasteiger partial charge in [-0.2, -0.15) is 0 Å². The Kier molecular flexibility index (Phi) is 3.85. The molecule has 6 nitrogen and oxygen atoms in total. The Labute approximate surface area is 126 Å². The number of hydrogen-bond acceptors (Lipinski definition) is 6. The van der Waals surface area contributed by atoms with E-state index in [1.807, 2.05) is 11.4 Å². The zero-order valence-electron chi connectivity index (χ0n) is 11.6. The Morgan fingerprint density at radius 3 is 2.86 bits per heavy atom. The lowest BCUT2D eigenvalue weighted by molar-refractivity contribution is -0.385. The topological polar surface area (TPSA) is 68.5 Å². The summed E-state index contributed by atoms with van der Waals surface area (Å²) < 4.78 is 5.33. The number of hydrogen-bond donors (Lipinski definition) is 0. The molecule has 0 amide bonds. The number of ether oxygens (including phenoxy) is 1. The predicted octanol–water partition coefficient (Wildman–Crippen LogP) is 2.86. The van der Waals surface area contributed by atoms with Gasteiger partial charge in [-0.3, -0.25) is 10.1 Å². The lowest BCUT2D eigenvalue weighted by Crippen LogP contribution is -2.36. The molecular weight excluding hydrogens is 290 g/mol. The molecule has 1 aromatic carbocycles. The average Bonchev–Trinajstić information content (AvgIpc) is 2.98.